The van der Waals surface area contributed by atoms with E-state index in [-0.39, 0.29) is 48.8 Å². The van der Waals surface area contributed by atoms with Gasteiger partial charge in [0.1, 0.15) is 11.7 Å². The van der Waals surface area contributed by atoms with E-state index in [4.69, 9.17) is 11.6 Å². The number of alkyl halides is 1. The first-order valence-corrected chi connectivity index (χ1v) is 9.00. The minimum Gasteiger partial charge on any atom is -0.322 e. The number of hydrogen-bond donors (Lipinski definition) is 1. The molecule has 3 amide bonds. The SMILES string of the molecule is Cl.O=C1CC[C@H](N2Cc3cc(-c4nccc(CCl)c4F)ccc3C2=O)C(=O)N1. The van der Waals surface area contributed by atoms with E-state index < -0.39 is 17.8 Å². The summed E-state index contributed by atoms with van der Waals surface area (Å²) in [4.78, 5) is 41.7. The number of aromatic nitrogens is 1. The lowest BCUT2D eigenvalue weighted by atomic mass is 10.0. The van der Waals surface area contributed by atoms with Crippen LogP contribution in [0.3, 0.4) is 0 Å². The fourth-order valence-corrected chi connectivity index (χ4v) is 3.72. The Labute approximate surface area is 171 Å². The summed E-state index contributed by atoms with van der Waals surface area (Å²) in [5.41, 5.74) is 2.22. The van der Waals surface area contributed by atoms with Gasteiger partial charge in [-0.3, -0.25) is 24.7 Å². The maximum absolute atomic E-state index is 14.5. The van der Waals surface area contributed by atoms with Crippen molar-refractivity contribution in [1.82, 2.24) is 15.2 Å². The fourth-order valence-electron chi connectivity index (χ4n) is 3.51. The highest BCUT2D eigenvalue weighted by molar-refractivity contribution is 6.17. The predicted octanol–water partition coefficient (Wildman–Crippen LogP) is 2.81. The Morgan fingerprint density at radius 2 is 2.04 bits per heavy atom. The van der Waals surface area contributed by atoms with Gasteiger partial charge in [-0.05, 0) is 30.2 Å². The molecule has 0 bridgehead atoms. The van der Waals surface area contributed by atoms with Crippen molar-refractivity contribution in [2.24, 2.45) is 0 Å². The minimum absolute atomic E-state index is 0. The van der Waals surface area contributed by atoms with Gasteiger partial charge in [-0.2, -0.15) is 0 Å². The molecule has 0 unspecified atom stereocenters. The highest BCUT2D eigenvalue weighted by Crippen LogP contribution is 2.32. The van der Waals surface area contributed by atoms with Crippen molar-refractivity contribution < 1.29 is 18.8 Å². The molecule has 2 aliphatic rings. The molecule has 6 nitrogen and oxygen atoms in total. The molecular weight excluding hydrogens is 408 g/mol. The van der Waals surface area contributed by atoms with Crippen molar-refractivity contribution in [3.63, 3.8) is 0 Å². The van der Waals surface area contributed by atoms with E-state index in [1.807, 2.05) is 0 Å². The number of hydrogen-bond acceptors (Lipinski definition) is 4. The lowest BCUT2D eigenvalue weighted by Gasteiger charge is -2.29. The van der Waals surface area contributed by atoms with Crippen LogP contribution in [0.4, 0.5) is 4.39 Å². The van der Waals surface area contributed by atoms with Gasteiger partial charge in [0, 0.05) is 35.9 Å². The number of nitrogens with zero attached hydrogens (tertiary/aromatic N) is 2. The van der Waals surface area contributed by atoms with Crippen molar-refractivity contribution >= 4 is 41.7 Å². The van der Waals surface area contributed by atoms with Crippen molar-refractivity contribution in [3.8, 4) is 11.3 Å². The molecule has 1 N–H and O–H groups in total. The molecule has 2 aliphatic heterocycles. The normalized spacial score (nSPS) is 18.6. The molecule has 1 saturated heterocycles. The molecule has 4 rings (SSSR count). The monoisotopic (exact) mass is 423 g/mol. The number of fused-ring (bicyclic) bond motifs is 1. The van der Waals surface area contributed by atoms with Crippen LogP contribution in [0.25, 0.3) is 11.3 Å². The summed E-state index contributed by atoms with van der Waals surface area (Å²) >= 11 is 5.75. The summed E-state index contributed by atoms with van der Waals surface area (Å²) in [5.74, 6) is -1.51. The summed E-state index contributed by atoms with van der Waals surface area (Å²) in [6.45, 7) is 0.227. The second-order valence-corrected chi connectivity index (χ2v) is 6.81. The van der Waals surface area contributed by atoms with Crippen LogP contribution < -0.4 is 5.32 Å². The fraction of sp³-hybridized carbons (Fsp3) is 0.263. The third kappa shape index (κ3) is 3.36. The molecule has 28 heavy (non-hydrogen) atoms. The highest BCUT2D eigenvalue weighted by Gasteiger charge is 2.39. The van der Waals surface area contributed by atoms with E-state index in [2.05, 4.69) is 10.3 Å². The molecule has 0 spiro atoms. The summed E-state index contributed by atoms with van der Waals surface area (Å²) in [7, 11) is 0. The van der Waals surface area contributed by atoms with Crippen LogP contribution in [0.1, 0.15) is 34.3 Å². The Morgan fingerprint density at radius 1 is 1.25 bits per heavy atom. The Kier molecular flexibility index (Phi) is 5.67. The molecule has 146 valence electrons. The van der Waals surface area contributed by atoms with Crippen molar-refractivity contribution in [3.05, 3.63) is 53.0 Å². The van der Waals surface area contributed by atoms with Gasteiger partial charge in [-0.15, -0.1) is 24.0 Å². The van der Waals surface area contributed by atoms with Crippen molar-refractivity contribution in [2.45, 2.75) is 31.3 Å². The first-order valence-electron chi connectivity index (χ1n) is 8.47. The van der Waals surface area contributed by atoms with Crippen LogP contribution in [0.5, 0.6) is 0 Å². The number of halogens is 3. The van der Waals surface area contributed by atoms with Gasteiger partial charge in [-0.1, -0.05) is 6.07 Å². The van der Waals surface area contributed by atoms with Gasteiger partial charge >= 0.3 is 0 Å². The van der Waals surface area contributed by atoms with E-state index >= 15 is 0 Å². The van der Waals surface area contributed by atoms with Crippen LogP contribution >= 0.6 is 24.0 Å². The average molecular weight is 424 g/mol. The number of piperidine rings is 1. The molecule has 1 fully saturated rings. The maximum atomic E-state index is 14.5. The lowest BCUT2D eigenvalue weighted by Crippen LogP contribution is -2.52. The van der Waals surface area contributed by atoms with Crippen molar-refractivity contribution in [2.75, 3.05) is 0 Å². The Balaban J connectivity index is 0.00000225. The van der Waals surface area contributed by atoms with E-state index in [0.29, 0.717) is 28.7 Å². The Hall–Kier alpha value is -2.51. The zero-order valence-electron chi connectivity index (χ0n) is 14.6. The first kappa shape index (κ1) is 20.2. The third-order valence-corrected chi connectivity index (χ3v) is 5.20. The van der Waals surface area contributed by atoms with E-state index in [9.17, 15) is 18.8 Å². The number of nitrogens with one attached hydrogen (secondary N) is 1. The molecule has 2 aromatic rings. The molecule has 0 aliphatic carbocycles. The minimum atomic E-state index is -0.680. The average Bonchev–Trinajstić information content (AvgIpc) is 2.98. The van der Waals surface area contributed by atoms with Crippen LogP contribution in [0.2, 0.25) is 0 Å². The van der Waals surface area contributed by atoms with E-state index in [1.165, 1.54) is 17.2 Å². The number of pyridine rings is 1. The van der Waals surface area contributed by atoms with Gasteiger partial charge in [0.25, 0.3) is 5.91 Å². The number of rotatable bonds is 3. The summed E-state index contributed by atoms with van der Waals surface area (Å²) in [6.07, 6.45) is 1.98. The van der Waals surface area contributed by atoms with Crippen LogP contribution in [-0.2, 0) is 22.0 Å². The Bertz CT molecular complexity index is 983. The molecule has 9 heteroatoms. The lowest BCUT2D eigenvalue weighted by molar-refractivity contribution is -0.136. The number of carbonyl (C=O) groups excluding carboxylic acids is 3. The summed E-state index contributed by atoms with van der Waals surface area (Å²) < 4.78 is 14.5. The van der Waals surface area contributed by atoms with Crippen LogP contribution in [-0.4, -0.2) is 33.6 Å². The molecule has 1 aromatic carbocycles. The topological polar surface area (TPSA) is 79.4 Å². The largest absolute Gasteiger partial charge is 0.322 e. The summed E-state index contributed by atoms with van der Waals surface area (Å²) in [5, 5.41) is 2.27. The molecule has 3 heterocycles. The molecule has 0 radical (unpaired) electrons. The maximum Gasteiger partial charge on any atom is 0.255 e. The molecular formula is C19H16Cl2FN3O3. The zero-order chi connectivity index (χ0) is 19.1. The third-order valence-electron chi connectivity index (χ3n) is 4.91. The quantitative estimate of drug-likeness (QED) is 0.607. The second kappa shape index (κ2) is 7.85. The van der Waals surface area contributed by atoms with Gasteiger partial charge < -0.3 is 4.90 Å². The number of amides is 3. The smallest absolute Gasteiger partial charge is 0.255 e. The first-order chi connectivity index (χ1) is 13.0. The van der Waals surface area contributed by atoms with E-state index in [0.717, 1.165) is 0 Å². The number of benzene rings is 1. The summed E-state index contributed by atoms with van der Waals surface area (Å²) in [6, 6.07) is 5.80. The van der Waals surface area contributed by atoms with Gasteiger partial charge in [0.15, 0.2) is 5.82 Å². The van der Waals surface area contributed by atoms with Gasteiger partial charge in [-0.25, -0.2) is 4.39 Å². The molecule has 1 atom stereocenters. The Morgan fingerprint density at radius 3 is 2.75 bits per heavy atom. The highest BCUT2D eigenvalue weighted by atomic mass is 35.5. The van der Waals surface area contributed by atoms with Crippen LogP contribution in [0, 0.1) is 5.82 Å². The standard InChI is InChI=1S/C19H15ClFN3O3.ClH/c20-8-11-5-6-22-17(16(11)21)10-1-2-13-12(7-10)9-24(19(13)27)14-3-4-15(25)23-18(14)26;/h1-2,5-7,14H,3-4,8-9H2,(H,23,25,26);1H/t14-;/m0./s1. The number of imide groups is 1. The predicted molar refractivity (Wildman–Crippen MR) is 102 cm³/mol. The zero-order valence-corrected chi connectivity index (χ0v) is 16.1. The molecule has 1 aromatic heterocycles. The van der Waals surface area contributed by atoms with Crippen molar-refractivity contribution in [1.29, 1.82) is 0 Å². The van der Waals surface area contributed by atoms with Gasteiger partial charge in [0.05, 0.1) is 5.88 Å². The second-order valence-electron chi connectivity index (χ2n) is 6.54. The van der Waals surface area contributed by atoms with Crippen LogP contribution in [0.15, 0.2) is 30.5 Å². The number of carbonyl (C=O) groups is 3. The molecule has 0 saturated carbocycles. The van der Waals surface area contributed by atoms with Gasteiger partial charge in [0.2, 0.25) is 11.8 Å². The van der Waals surface area contributed by atoms with E-state index in [1.54, 1.807) is 18.2 Å².